The van der Waals surface area contributed by atoms with Crippen LogP contribution in [0.1, 0.15) is 50.0 Å². The number of nitrogens with one attached hydrogen (secondary N) is 1. The van der Waals surface area contributed by atoms with Gasteiger partial charge >= 0.3 is 0 Å². The molecule has 1 saturated carbocycles. The number of rotatable bonds is 5. The predicted octanol–water partition coefficient (Wildman–Crippen LogP) is 5.14. The lowest BCUT2D eigenvalue weighted by Gasteiger charge is -2.46. The van der Waals surface area contributed by atoms with Crippen LogP contribution in [0.5, 0.6) is 0 Å². The molecule has 1 radical (unpaired) electrons. The summed E-state index contributed by atoms with van der Waals surface area (Å²) < 4.78 is 2.01. The van der Waals surface area contributed by atoms with Crippen LogP contribution in [0.15, 0.2) is 55.2 Å². The molecule has 201 valence electrons. The fraction of sp³-hybridized carbons (Fsp3) is 0.433. The second kappa shape index (κ2) is 10.4. The molecule has 2 aliphatic heterocycles. The average Bonchev–Trinajstić information content (AvgIpc) is 3.63. The number of likely N-dealkylation sites (tertiary alicyclic amines) is 2. The molecule has 3 fully saturated rings. The van der Waals surface area contributed by atoms with Gasteiger partial charge in [-0.3, -0.25) is 14.4 Å². The number of amides is 1. The Morgan fingerprint density at radius 3 is 2.49 bits per heavy atom. The van der Waals surface area contributed by atoms with Crippen LogP contribution in [-0.4, -0.2) is 72.7 Å². The van der Waals surface area contributed by atoms with Gasteiger partial charge in [0.25, 0.3) is 0 Å². The van der Waals surface area contributed by atoms with Crippen molar-refractivity contribution in [3.05, 3.63) is 71.9 Å². The summed E-state index contributed by atoms with van der Waals surface area (Å²) in [6.45, 7) is 3.60. The van der Waals surface area contributed by atoms with Gasteiger partial charge in [0.15, 0.2) is 0 Å². The van der Waals surface area contributed by atoms with Gasteiger partial charge < -0.3 is 9.88 Å². The van der Waals surface area contributed by atoms with Crippen LogP contribution in [0.25, 0.3) is 22.3 Å². The van der Waals surface area contributed by atoms with Crippen LogP contribution in [-0.2, 0) is 4.79 Å². The van der Waals surface area contributed by atoms with Crippen molar-refractivity contribution >= 4 is 28.5 Å². The van der Waals surface area contributed by atoms with Crippen LogP contribution in [0, 0.1) is 12.0 Å². The van der Waals surface area contributed by atoms with E-state index in [1.54, 1.807) is 6.33 Å². The van der Waals surface area contributed by atoms with Crippen molar-refractivity contribution in [1.82, 2.24) is 34.5 Å². The Morgan fingerprint density at radius 1 is 0.949 bits per heavy atom. The van der Waals surface area contributed by atoms with Crippen molar-refractivity contribution in [2.45, 2.75) is 50.5 Å². The number of aromatic nitrogens is 5. The number of carbonyl (C=O) groups is 1. The molecular weight excluding hydrogens is 510 g/mol. The quantitative estimate of drug-likeness (QED) is 0.378. The Bertz CT molecular complexity index is 1440. The normalized spacial score (nSPS) is 23.3. The minimum Gasteiger partial charge on any atom is -0.346 e. The summed E-state index contributed by atoms with van der Waals surface area (Å²) in [6, 6.07) is 12.1. The molecule has 1 aromatic carbocycles. The maximum absolute atomic E-state index is 13.3. The molecule has 3 aliphatic rings. The summed E-state index contributed by atoms with van der Waals surface area (Å²) >= 11 is 6.05. The number of hydrogen-bond acceptors (Lipinski definition) is 5. The summed E-state index contributed by atoms with van der Waals surface area (Å²) in [7, 11) is 0. The summed E-state index contributed by atoms with van der Waals surface area (Å²) in [6.07, 6.45) is 13.7. The van der Waals surface area contributed by atoms with Crippen molar-refractivity contribution in [2.24, 2.45) is 5.92 Å². The zero-order chi connectivity index (χ0) is 26.3. The van der Waals surface area contributed by atoms with E-state index in [2.05, 4.69) is 48.2 Å². The number of fused-ring (bicyclic) bond motifs is 1. The number of hydrogen-bond donors (Lipinski definition) is 1. The van der Waals surface area contributed by atoms with Gasteiger partial charge in [0.1, 0.15) is 18.0 Å². The molecule has 1 amide bonds. The van der Waals surface area contributed by atoms with E-state index in [4.69, 9.17) is 11.6 Å². The number of benzene rings is 1. The van der Waals surface area contributed by atoms with Gasteiger partial charge in [-0.25, -0.2) is 9.97 Å². The number of piperidine rings is 1. The highest BCUT2D eigenvalue weighted by molar-refractivity contribution is 6.30. The van der Waals surface area contributed by atoms with Crippen LogP contribution < -0.4 is 0 Å². The van der Waals surface area contributed by atoms with Crippen molar-refractivity contribution < 1.29 is 4.79 Å². The predicted molar refractivity (Wildman–Crippen MR) is 151 cm³/mol. The molecule has 5 heterocycles. The van der Waals surface area contributed by atoms with Crippen LogP contribution >= 0.6 is 11.6 Å². The molecule has 39 heavy (non-hydrogen) atoms. The minimum atomic E-state index is 0.186. The molecule has 0 unspecified atom stereocenters. The van der Waals surface area contributed by atoms with Crippen molar-refractivity contribution in [1.29, 1.82) is 0 Å². The Hall–Kier alpha value is -3.23. The molecule has 0 spiro atoms. The van der Waals surface area contributed by atoms with E-state index in [0.29, 0.717) is 17.9 Å². The fourth-order valence-corrected chi connectivity index (χ4v) is 6.79. The van der Waals surface area contributed by atoms with E-state index >= 15 is 0 Å². The SMILES string of the molecule is O=C(C1CCC(c2ccc(Cl)cc2)CC1)N1CCC(N2C[C](n3cc(-c4ncnc5[nH]ccc45)cn3)C2)CC1. The summed E-state index contributed by atoms with van der Waals surface area (Å²) in [5.41, 5.74) is 4.10. The van der Waals surface area contributed by atoms with Crippen LogP contribution in [0.3, 0.4) is 0 Å². The third-order valence-corrected chi connectivity index (χ3v) is 9.27. The van der Waals surface area contributed by atoms with E-state index in [0.717, 1.165) is 92.0 Å². The zero-order valence-electron chi connectivity index (χ0n) is 22.0. The minimum absolute atomic E-state index is 0.186. The molecule has 8 nitrogen and oxygen atoms in total. The van der Waals surface area contributed by atoms with Gasteiger partial charge in [0, 0.05) is 66.5 Å². The van der Waals surface area contributed by atoms with E-state index in [-0.39, 0.29) is 5.92 Å². The first-order chi connectivity index (χ1) is 19.1. The Labute approximate surface area is 233 Å². The molecule has 2 saturated heterocycles. The molecule has 1 aliphatic carbocycles. The highest BCUT2D eigenvalue weighted by Gasteiger charge is 2.38. The average molecular weight is 543 g/mol. The number of aromatic amines is 1. The van der Waals surface area contributed by atoms with Crippen molar-refractivity contribution in [2.75, 3.05) is 26.2 Å². The Balaban J connectivity index is 0.883. The third-order valence-electron chi connectivity index (χ3n) is 9.02. The number of halogens is 1. The van der Waals surface area contributed by atoms with Gasteiger partial charge in [-0.05, 0) is 68.2 Å². The molecule has 3 aromatic heterocycles. The summed E-state index contributed by atoms with van der Waals surface area (Å²) in [5.74, 6) is 1.12. The van der Waals surface area contributed by atoms with Crippen molar-refractivity contribution in [3.63, 3.8) is 0 Å². The van der Waals surface area contributed by atoms with Crippen molar-refractivity contribution in [3.8, 4) is 11.3 Å². The second-order valence-electron chi connectivity index (χ2n) is 11.3. The molecular formula is C30H33ClN7O. The molecule has 1 N–H and O–H groups in total. The first-order valence-electron chi connectivity index (χ1n) is 14.1. The van der Waals surface area contributed by atoms with Gasteiger partial charge in [-0.1, -0.05) is 23.7 Å². The van der Waals surface area contributed by atoms with Crippen LogP contribution in [0.2, 0.25) is 5.02 Å². The highest BCUT2D eigenvalue weighted by Crippen LogP contribution is 2.37. The number of H-pyrrole nitrogens is 1. The summed E-state index contributed by atoms with van der Waals surface area (Å²) in [5, 5.41) is 6.42. The monoisotopic (exact) mass is 542 g/mol. The molecule has 0 atom stereocenters. The highest BCUT2D eigenvalue weighted by atomic mass is 35.5. The second-order valence-corrected chi connectivity index (χ2v) is 11.7. The first-order valence-corrected chi connectivity index (χ1v) is 14.5. The lowest BCUT2D eigenvalue weighted by atomic mass is 9.78. The topological polar surface area (TPSA) is 82.9 Å². The van der Waals surface area contributed by atoms with Crippen LogP contribution in [0.4, 0.5) is 0 Å². The van der Waals surface area contributed by atoms with Gasteiger partial charge in [-0.2, -0.15) is 5.10 Å². The molecule has 0 bridgehead atoms. The fourth-order valence-electron chi connectivity index (χ4n) is 6.66. The standard InChI is InChI=1S/C30H33ClN7O/c31-24-7-5-21(6-8-24)20-1-3-22(4-2-20)30(39)36-13-10-25(11-14-36)37-17-26(18-37)38-16-23(15-35-38)28-27-9-12-32-29(27)34-19-33-28/h5-9,12,15-16,19-20,22,25H,1-4,10-11,13-14,17-18H2,(H,32,33,34). The smallest absolute Gasteiger partial charge is 0.225 e. The molecule has 9 heteroatoms. The lowest BCUT2D eigenvalue weighted by molar-refractivity contribution is -0.138. The van der Waals surface area contributed by atoms with E-state index in [1.165, 1.54) is 11.6 Å². The van der Waals surface area contributed by atoms with E-state index < -0.39 is 0 Å². The molecule has 4 aromatic rings. The van der Waals surface area contributed by atoms with Gasteiger partial charge in [0.2, 0.25) is 5.91 Å². The lowest BCUT2D eigenvalue weighted by Crippen LogP contribution is -2.57. The largest absolute Gasteiger partial charge is 0.346 e. The number of carbonyl (C=O) groups excluding carboxylic acids is 1. The third kappa shape index (κ3) is 4.85. The zero-order valence-corrected chi connectivity index (χ0v) is 22.7. The van der Waals surface area contributed by atoms with E-state index in [1.807, 2.05) is 35.3 Å². The van der Waals surface area contributed by atoms with Gasteiger partial charge in [-0.15, -0.1) is 0 Å². The first kappa shape index (κ1) is 24.8. The summed E-state index contributed by atoms with van der Waals surface area (Å²) in [4.78, 5) is 29.9. The van der Waals surface area contributed by atoms with Gasteiger partial charge in [0.05, 0.1) is 11.9 Å². The maximum atomic E-state index is 13.3. The van der Waals surface area contributed by atoms with E-state index in [9.17, 15) is 4.79 Å². The number of nitrogens with zero attached hydrogens (tertiary/aromatic N) is 6. The Morgan fingerprint density at radius 2 is 1.72 bits per heavy atom. The Kier molecular flexibility index (Phi) is 6.60. The molecule has 7 rings (SSSR count). The maximum Gasteiger partial charge on any atom is 0.225 e.